The summed E-state index contributed by atoms with van der Waals surface area (Å²) in [5.74, 6) is -0.153. The third kappa shape index (κ3) is 2.45. The van der Waals surface area contributed by atoms with Gasteiger partial charge in [-0.15, -0.1) is 0 Å². The molecule has 1 fully saturated rings. The molecule has 12 heavy (non-hydrogen) atoms. The van der Waals surface area contributed by atoms with Crippen molar-refractivity contribution < 1.29 is 19.3 Å². The Kier molecular flexibility index (Phi) is 2.00. The van der Waals surface area contributed by atoms with Crippen molar-refractivity contribution in [2.45, 2.75) is 33.3 Å². The average Bonchev–Trinajstić information content (AvgIpc) is 2.62. The first-order valence-electron chi connectivity index (χ1n) is 3.69. The van der Waals surface area contributed by atoms with Crippen LogP contribution in [0.15, 0.2) is 11.5 Å². The molecule has 0 amide bonds. The predicted octanol–water partition coefficient (Wildman–Crippen LogP) is 1.52. The second kappa shape index (κ2) is 2.69. The van der Waals surface area contributed by atoms with Crippen LogP contribution in [0.5, 0.6) is 0 Å². The largest absolute Gasteiger partial charge is 0.456 e. The Hall–Kier alpha value is -1.19. The number of esters is 1. The normalized spacial score (nSPS) is 14.5. The Morgan fingerprint density at radius 3 is 2.17 bits per heavy atom. The van der Waals surface area contributed by atoms with Crippen LogP contribution in [-0.4, -0.2) is 11.6 Å². The number of rotatable bonds is 1. The topological polar surface area (TPSA) is 51.4 Å². The van der Waals surface area contributed by atoms with Crippen LogP contribution in [0.1, 0.15) is 27.7 Å². The van der Waals surface area contributed by atoms with Crippen molar-refractivity contribution in [3.8, 4) is 0 Å². The second-order valence-electron chi connectivity index (χ2n) is 3.58. The van der Waals surface area contributed by atoms with Gasteiger partial charge in [0.2, 0.25) is 0 Å². The Balaban J connectivity index is 2.55. The van der Waals surface area contributed by atoms with Gasteiger partial charge in [-0.25, -0.2) is 14.6 Å². The Bertz CT molecular complexity index is 228. The minimum atomic E-state index is -0.478. The van der Waals surface area contributed by atoms with Crippen molar-refractivity contribution in [3.05, 3.63) is 11.5 Å². The molecule has 1 aliphatic rings. The van der Waals surface area contributed by atoms with Crippen molar-refractivity contribution >= 4 is 5.97 Å². The molecule has 0 spiro atoms. The number of carbonyl (C=O) groups excluding carboxylic acids is 1. The summed E-state index contributed by atoms with van der Waals surface area (Å²) < 4.78 is 5.04. The highest BCUT2D eigenvalue weighted by molar-refractivity contribution is 5.88. The fourth-order valence-corrected chi connectivity index (χ4v) is 0.584. The average molecular weight is 172 g/mol. The highest BCUT2D eigenvalue weighted by Crippen LogP contribution is 2.23. The van der Waals surface area contributed by atoms with E-state index in [1.807, 2.05) is 0 Å². The maximum absolute atomic E-state index is 11.2. The van der Waals surface area contributed by atoms with Gasteiger partial charge in [0, 0.05) is 0 Å². The molecule has 0 aromatic carbocycles. The first-order chi connectivity index (χ1) is 5.40. The van der Waals surface area contributed by atoms with Crippen LogP contribution in [0.25, 0.3) is 0 Å². The molecule has 4 heteroatoms. The molecule has 1 saturated heterocycles. The zero-order valence-corrected chi connectivity index (χ0v) is 7.63. The SMILES string of the molecule is CC(C(=O)OC(C)(C)C)=C1OO1. The molecule has 4 nitrogen and oxygen atoms in total. The number of hydrogen-bond acceptors (Lipinski definition) is 4. The van der Waals surface area contributed by atoms with Gasteiger partial charge in [0.1, 0.15) is 11.2 Å². The van der Waals surface area contributed by atoms with Crippen LogP contribution in [-0.2, 0) is 19.3 Å². The Morgan fingerprint density at radius 1 is 1.33 bits per heavy atom. The molecule has 0 bridgehead atoms. The fraction of sp³-hybridized carbons (Fsp3) is 0.625. The van der Waals surface area contributed by atoms with Crippen LogP contribution in [0, 0.1) is 0 Å². The predicted molar refractivity (Wildman–Crippen MR) is 40.7 cm³/mol. The lowest BCUT2D eigenvalue weighted by Gasteiger charge is -2.18. The van der Waals surface area contributed by atoms with Gasteiger partial charge in [-0.2, -0.15) is 0 Å². The molecule has 0 unspecified atom stereocenters. The van der Waals surface area contributed by atoms with E-state index in [0.717, 1.165) is 0 Å². The van der Waals surface area contributed by atoms with Gasteiger partial charge in [-0.1, -0.05) is 0 Å². The second-order valence-corrected chi connectivity index (χ2v) is 3.58. The zero-order chi connectivity index (χ0) is 9.35. The van der Waals surface area contributed by atoms with Crippen LogP contribution < -0.4 is 0 Å². The summed E-state index contributed by atoms with van der Waals surface area (Å²) in [7, 11) is 0. The molecule has 0 aromatic heterocycles. The molecule has 0 radical (unpaired) electrons. The van der Waals surface area contributed by atoms with Crippen LogP contribution in [0.4, 0.5) is 0 Å². The lowest BCUT2D eigenvalue weighted by atomic mass is 10.2. The van der Waals surface area contributed by atoms with E-state index in [1.54, 1.807) is 27.7 Å². The summed E-state index contributed by atoms with van der Waals surface area (Å²) in [4.78, 5) is 20.0. The van der Waals surface area contributed by atoms with E-state index in [2.05, 4.69) is 9.78 Å². The summed E-state index contributed by atoms with van der Waals surface area (Å²) in [6, 6.07) is 0. The number of ether oxygens (including phenoxy) is 1. The quantitative estimate of drug-likeness (QED) is 0.260. The molecule has 1 rings (SSSR count). The number of hydrogen-bond donors (Lipinski definition) is 0. The summed E-state index contributed by atoms with van der Waals surface area (Å²) >= 11 is 0. The van der Waals surface area contributed by atoms with Gasteiger partial charge in [-0.3, -0.25) is 0 Å². The van der Waals surface area contributed by atoms with Crippen LogP contribution in [0.3, 0.4) is 0 Å². The zero-order valence-electron chi connectivity index (χ0n) is 7.63. The van der Waals surface area contributed by atoms with Crippen molar-refractivity contribution in [2.24, 2.45) is 0 Å². The third-order valence-electron chi connectivity index (χ3n) is 1.18. The van der Waals surface area contributed by atoms with E-state index in [-0.39, 0.29) is 5.95 Å². The molecular weight excluding hydrogens is 160 g/mol. The smallest absolute Gasteiger partial charge is 0.389 e. The summed E-state index contributed by atoms with van der Waals surface area (Å²) in [6.45, 7) is 7.00. The minimum absolute atomic E-state index is 0.254. The molecule has 1 heterocycles. The molecular formula is C8H12O4. The van der Waals surface area contributed by atoms with E-state index in [1.165, 1.54) is 0 Å². The summed E-state index contributed by atoms with van der Waals surface area (Å²) in [6.07, 6.45) is 0. The van der Waals surface area contributed by atoms with Gasteiger partial charge >= 0.3 is 11.9 Å². The van der Waals surface area contributed by atoms with Gasteiger partial charge in [0.15, 0.2) is 0 Å². The van der Waals surface area contributed by atoms with E-state index >= 15 is 0 Å². The molecule has 1 aliphatic heterocycles. The summed E-state index contributed by atoms with van der Waals surface area (Å²) in [5, 5.41) is 0. The van der Waals surface area contributed by atoms with Gasteiger partial charge in [0.05, 0.1) is 0 Å². The van der Waals surface area contributed by atoms with E-state index in [9.17, 15) is 4.79 Å². The van der Waals surface area contributed by atoms with E-state index in [4.69, 9.17) is 4.74 Å². The van der Waals surface area contributed by atoms with Gasteiger partial charge in [-0.05, 0) is 27.7 Å². The molecule has 0 aliphatic carbocycles. The highest BCUT2D eigenvalue weighted by atomic mass is 17.4. The van der Waals surface area contributed by atoms with Crippen molar-refractivity contribution in [3.63, 3.8) is 0 Å². The van der Waals surface area contributed by atoms with Crippen molar-refractivity contribution in [1.82, 2.24) is 0 Å². The standard InChI is InChI=1S/C8H12O4/c1-5(7-11-12-7)6(9)10-8(2,3)4/h1-4H3. The van der Waals surface area contributed by atoms with Crippen molar-refractivity contribution in [2.75, 3.05) is 0 Å². The van der Waals surface area contributed by atoms with Crippen LogP contribution >= 0.6 is 0 Å². The van der Waals surface area contributed by atoms with Crippen molar-refractivity contribution in [1.29, 1.82) is 0 Å². The van der Waals surface area contributed by atoms with Gasteiger partial charge < -0.3 is 4.74 Å². The lowest BCUT2D eigenvalue weighted by Crippen LogP contribution is -2.24. The highest BCUT2D eigenvalue weighted by Gasteiger charge is 2.29. The van der Waals surface area contributed by atoms with Gasteiger partial charge in [0.25, 0.3) is 0 Å². The minimum Gasteiger partial charge on any atom is -0.456 e. The van der Waals surface area contributed by atoms with E-state index < -0.39 is 11.6 Å². The first-order valence-corrected chi connectivity index (χ1v) is 3.69. The monoisotopic (exact) mass is 172 g/mol. The Labute approximate surface area is 71.0 Å². The summed E-state index contributed by atoms with van der Waals surface area (Å²) in [5.41, 5.74) is -0.113. The number of carbonyl (C=O) groups is 1. The Morgan fingerprint density at radius 2 is 1.83 bits per heavy atom. The maximum atomic E-state index is 11.2. The maximum Gasteiger partial charge on any atom is 0.389 e. The van der Waals surface area contributed by atoms with E-state index in [0.29, 0.717) is 5.57 Å². The molecule has 0 N–H and O–H groups in total. The first kappa shape index (κ1) is 8.90. The lowest BCUT2D eigenvalue weighted by molar-refractivity contribution is -0.149. The molecule has 0 saturated carbocycles. The molecule has 0 aromatic rings. The molecule has 0 atom stereocenters. The molecule has 68 valence electrons. The van der Waals surface area contributed by atoms with Crippen LogP contribution in [0.2, 0.25) is 0 Å². The third-order valence-corrected chi connectivity index (χ3v) is 1.18. The fourth-order valence-electron chi connectivity index (χ4n) is 0.584.